The molecule has 0 atom stereocenters. The summed E-state index contributed by atoms with van der Waals surface area (Å²) in [6, 6.07) is 17.6. The van der Waals surface area contributed by atoms with Gasteiger partial charge in [0.25, 0.3) is 11.8 Å². The first-order valence-electron chi connectivity index (χ1n) is 9.29. The highest BCUT2D eigenvalue weighted by Crippen LogP contribution is 2.30. The van der Waals surface area contributed by atoms with Gasteiger partial charge in [0, 0.05) is 16.9 Å². The van der Waals surface area contributed by atoms with Gasteiger partial charge in [0.2, 0.25) is 0 Å². The van der Waals surface area contributed by atoms with E-state index in [1.54, 1.807) is 6.07 Å². The lowest BCUT2D eigenvalue weighted by Crippen LogP contribution is -2.20. The van der Waals surface area contributed by atoms with Crippen molar-refractivity contribution in [2.45, 2.75) is 13.1 Å². The van der Waals surface area contributed by atoms with Crippen molar-refractivity contribution in [3.63, 3.8) is 0 Å². The highest BCUT2D eigenvalue weighted by atomic mass is 19.4. The van der Waals surface area contributed by atoms with Gasteiger partial charge >= 0.3 is 6.18 Å². The molecule has 0 saturated carbocycles. The van der Waals surface area contributed by atoms with Crippen LogP contribution in [-0.4, -0.2) is 18.4 Å². The van der Waals surface area contributed by atoms with Gasteiger partial charge in [-0.1, -0.05) is 24.3 Å². The Kier molecular flexibility index (Phi) is 6.59. The Balaban J connectivity index is 1.55. The summed E-state index contributed by atoms with van der Waals surface area (Å²) in [5, 5.41) is 5.17. The highest BCUT2D eigenvalue weighted by molar-refractivity contribution is 6.04. The van der Waals surface area contributed by atoms with Crippen molar-refractivity contribution >= 4 is 23.2 Å². The molecule has 0 spiro atoms. The topological polar surface area (TPSA) is 67.4 Å². The number of alkyl halides is 3. The van der Waals surface area contributed by atoms with Gasteiger partial charge < -0.3 is 15.4 Å². The molecule has 2 N–H and O–H groups in total. The molecular weight excluding hydrogens is 409 g/mol. The van der Waals surface area contributed by atoms with E-state index in [2.05, 4.69) is 10.6 Å². The largest absolute Gasteiger partial charge is 0.484 e. The van der Waals surface area contributed by atoms with Gasteiger partial charge in [0.15, 0.2) is 6.61 Å². The predicted molar refractivity (Wildman–Crippen MR) is 111 cm³/mol. The molecule has 2 amide bonds. The molecule has 3 aromatic rings. The number of para-hydroxylation sites is 1. The number of anilines is 2. The Morgan fingerprint density at radius 1 is 0.903 bits per heavy atom. The summed E-state index contributed by atoms with van der Waals surface area (Å²) < 4.78 is 43.8. The number of aryl methyl sites for hydroxylation is 1. The Hall–Kier alpha value is -3.81. The number of nitrogens with one attached hydrogen (secondary N) is 2. The second kappa shape index (κ2) is 9.34. The summed E-state index contributed by atoms with van der Waals surface area (Å²) in [5.74, 6) is -0.528. The number of amides is 2. The maximum Gasteiger partial charge on any atom is 0.416 e. The molecular formula is C23H19F3N2O3. The predicted octanol–water partition coefficient (Wildman–Crippen LogP) is 5.28. The van der Waals surface area contributed by atoms with E-state index in [0.29, 0.717) is 11.4 Å². The summed E-state index contributed by atoms with van der Waals surface area (Å²) in [6.07, 6.45) is -4.49. The molecule has 0 bridgehead atoms. The Labute approximate surface area is 176 Å². The lowest BCUT2D eigenvalue weighted by atomic mass is 10.1. The van der Waals surface area contributed by atoms with E-state index in [-0.39, 0.29) is 23.8 Å². The van der Waals surface area contributed by atoms with Gasteiger partial charge in [0.1, 0.15) is 5.75 Å². The summed E-state index contributed by atoms with van der Waals surface area (Å²) >= 11 is 0. The van der Waals surface area contributed by atoms with Crippen LogP contribution >= 0.6 is 0 Å². The van der Waals surface area contributed by atoms with Crippen molar-refractivity contribution in [3.8, 4) is 5.75 Å². The Bertz CT molecular complexity index is 1080. The van der Waals surface area contributed by atoms with E-state index in [1.807, 2.05) is 25.1 Å². The smallest absolute Gasteiger partial charge is 0.416 e. The molecule has 0 radical (unpaired) electrons. The van der Waals surface area contributed by atoms with Gasteiger partial charge in [-0.05, 0) is 61.0 Å². The molecule has 0 unspecified atom stereocenters. The van der Waals surface area contributed by atoms with E-state index in [9.17, 15) is 22.8 Å². The number of hydrogen-bond donors (Lipinski definition) is 2. The minimum atomic E-state index is -4.49. The third kappa shape index (κ3) is 6.08. The van der Waals surface area contributed by atoms with E-state index >= 15 is 0 Å². The first-order valence-corrected chi connectivity index (χ1v) is 9.29. The molecule has 160 valence electrons. The number of carbonyl (C=O) groups excluding carboxylic acids is 2. The third-order valence-electron chi connectivity index (χ3n) is 4.35. The van der Waals surface area contributed by atoms with Crippen LogP contribution in [0.5, 0.6) is 5.75 Å². The molecule has 3 rings (SSSR count). The standard InChI is InChI=1S/C23H19F3N2O3/c1-15-5-2-3-8-20(15)28-21(29)14-31-19-11-9-16(10-12-19)22(30)27-18-7-4-6-17(13-18)23(24,25)26/h2-13H,14H2,1H3,(H,27,30)(H,28,29). The second-order valence-electron chi connectivity index (χ2n) is 6.71. The zero-order valence-corrected chi connectivity index (χ0v) is 16.5. The first kappa shape index (κ1) is 21.9. The molecule has 0 fully saturated rings. The van der Waals surface area contributed by atoms with Crippen LogP contribution in [0.15, 0.2) is 72.8 Å². The minimum Gasteiger partial charge on any atom is -0.484 e. The fraction of sp³-hybridized carbons (Fsp3) is 0.130. The maximum atomic E-state index is 12.8. The molecule has 8 heteroatoms. The summed E-state index contributed by atoms with van der Waals surface area (Å²) in [7, 11) is 0. The number of halogens is 3. The Morgan fingerprint density at radius 3 is 2.29 bits per heavy atom. The van der Waals surface area contributed by atoms with Crippen LogP contribution in [0, 0.1) is 6.92 Å². The van der Waals surface area contributed by atoms with Crippen molar-refractivity contribution < 1.29 is 27.5 Å². The van der Waals surface area contributed by atoms with Gasteiger partial charge in [-0.2, -0.15) is 13.2 Å². The summed E-state index contributed by atoms with van der Waals surface area (Å²) in [4.78, 5) is 24.3. The van der Waals surface area contributed by atoms with Crippen molar-refractivity contribution in [3.05, 3.63) is 89.5 Å². The molecule has 0 aliphatic rings. The van der Waals surface area contributed by atoms with Crippen LogP contribution in [0.3, 0.4) is 0 Å². The number of benzene rings is 3. The number of carbonyl (C=O) groups is 2. The van der Waals surface area contributed by atoms with Crippen LogP contribution in [0.1, 0.15) is 21.5 Å². The van der Waals surface area contributed by atoms with Crippen molar-refractivity contribution in [2.75, 3.05) is 17.2 Å². The number of rotatable bonds is 6. The van der Waals surface area contributed by atoms with Crippen LogP contribution in [-0.2, 0) is 11.0 Å². The second-order valence-corrected chi connectivity index (χ2v) is 6.71. The lowest BCUT2D eigenvalue weighted by molar-refractivity contribution is -0.137. The van der Waals surface area contributed by atoms with Crippen LogP contribution in [0.25, 0.3) is 0 Å². The number of ether oxygens (including phenoxy) is 1. The van der Waals surface area contributed by atoms with E-state index in [4.69, 9.17) is 4.74 Å². The normalized spacial score (nSPS) is 11.0. The highest BCUT2D eigenvalue weighted by Gasteiger charge is 2.30. The van der Waals surface area contributed by atoms with Crippen molar-refractivity contribution in [2.24, 2.45) is 0 Å². The van der Waals surface area contributed by atoms with Crippen molar-refractivity contribution in [1.82, 2.24) is 0 Å². The van der Waals surface area contributed by atoms with Gasteiger partial charge in [-0.25, -0.2) is 0 Å². The Morgan fingerprint density at radius 2 is 1.61 bits per heavy atom. The van der Waals surface area contributed by atoms with Crippen LogP contribution < -0.4 is 15.4 Å². The van der Waals surface area contributed by atoms with Gasteiger partial charge in [0.05, 0.1) is 5.56 Å². The lowest BCUT2D eigenvalue weighted by Gasteiger charge is -2.11. The summed E-state index contributed by atoms with van der Waals surface area (Å²) in [5.41, 5.74) is 1.03. The van der Waals surface area contributed by atoms with Crippen LogP contribution in [0.4, 0.5) is 24.5 Å². The van der Waals surface area contributed by atoms with E-state index in [0.717, 1.165) is 17.7 Å². The third-order valence-corrected chi connectivity index (χ3v) is 4.35. The average Bonchev–Trinajstić information content (AvgIpc) is 2.74. The average molecular weight is 428 g/mol. The molecule has 0 saturated heterocycles. The maximum absolute atomic E-state index is 12.8. The van der Waals surface area contributed by atoms with E-state index < -0.39 is 17.6 Å². The molecule has 31 heavy (non-hydrogen) atoms. The number of hydrogen-bond acceptors (Lipinski definition) is 3. The fourth-order valence-corrected chi connectivity index (χ4v) is 2.73. The van der Waals surface area contributed by atoms with E-state index in [1.165, 1.54) is 36.4 Å². The van der Waals surface area contributed by atoms with Crippen LogP contribution in [0.2, 0.25) is 0 Å². The summed E-state index contributed by atoms with van der Waals surface area (Å²) in [6.45, 7) is 1.66. The zero-order chi connectivity index (χ0) is 22.4. The molecule has 0 aliphatic carbocycles. The van der Waals surface area contributed by atoms with Gasteiger partial charge in [-0.3, -0.25) is 9.59 Å². The molecule has 0 aromatic heterocycles. The quantitative estimate of drug-likeness (QED) is 0.561. The zero-order valence-electron chi connectivity index (χ0n) is 16.5. The molecule has 5 nitrogen and oxygen atoms in total. The minimum absolute atomic E-state index is 0.0352. The molecule has 0 heterocycles. The first-order chi connectivity index (χ1) is 14.7. The van der Waals surface area contributed by atoms with Gasteiger partial charge in [-0.15, -0.1) is 0 Å². The fourth-order valence-electron chi connectivity index (χ4n) is 2.73. The SMILES string of the molecule is Cc1ccccc1NC(=O)COc1ccc(C(=O)Nc2cccc(C(F)(F)F)c2)cc1. The van der Waals surface area contributed by atoms with Crippen molar-refractivity contribution in [1.29, 1.82) is 0 Å². The monoisotopic (exact) mass is 428 g/mol. The molecule has 3 aromatic carbocycles. The molecule has 0 aliphatic heterocycles.